The van der Waals surface area contributed by atoms with Gasteiger partial charge in [-0.1, -0.05) is 0 Å². The zero-order chi connectivity index (χ0) is 17.5. The van der Waals surface area contributed by atoms with E-state index in [2.05, 4.69) is 15.4 Å². The fourth-order valence-corrected chi connectivity index (χ4v) is 2.85. The van der Waals surface area contributed by atoms with E-state index in [1.165, 1.54) is 24.3 Å². The lowest BCUT2D eigenvalue weighted by molar-refractivity contribution is -0.0498. The second-order valence-corrected chi connectivity index (χ2v) is 6.05. The number of rotatable bonds is 7. The normalized spacial score (nSPS) is 12.2. The number of carbonyl (C=O) groups is 1. The van der Waals surface area contributed by atoms with Crippen molar-refractivity contribution in [1.29, 1.82) is 0 Å². The van der Waals surface area contributed by atoms with Gasteiger partial charge in [-0.3, -0.25) is 0 Å². The maximum absolute atomic E-state index is 12.1. The molecule has 0 saturated carbocycles. The predicted molar refractivity (Wildman–Crippen MR) is 90.8 cm³/mol. The molecule has 1 heterocycles. The van der Waals surface area contributed by atoms with Crippen LogP contribution in [-0.2, 0) is 0 Å². The maximum atomic E-state index is 12.1. The number of alkyl halides is 2. The number of carbonyl (C=O) groups excluding carboxylic acids is 1. The Bertz CT molecular complexity index is 633. The van der Waals surface area contributed by atoms with Gasteiger partial charge in [-0.15, -0.1) is 0 Å². The Kier molecular flexibility index (Phi) is 6.51. The van der Waals surface area contributed by atoms with Gasteiger partial charge >= 0.3 is 12.6 Å². The van der Waals surface area contributed by atoms with Crippen LogP contribution in [0, 0.1) is 0 Å². The summed E-state index contributed by atoms with van der Waals surface area (Å²) in [6.07, 6.45) is 0. The summed E-state index contributed by atoms with van der Waals surface area (Å²) in [5, 5.41) is 9.50. The van der Waals surface area contributed by atoms with Gasteiger partial charge in [0.15, 0.2) is 0 Å². The second kappa shape index (κ2) is 8.60. The van der Waals surface area contributed by atoms with Crippen LogP contribution in [-0.4, -0.2) is 38.2 Å². The van der Waals surface area contributed by atoms with Crippen molar-refractivity contribution in [2.45, 2.75) is 12.7 Å². The van der Waals surface area contributed by atoms with Crippen molar-refractivity contribution in [2.24, 2.45) is 0 Å². The molecular formula is C16H19F2N3O2S. The van der Waals surface area contributed by atoms with Crippen LogP contribution in [0.5, 0.6) is 5.75 Å². The van der Waals surface area contributed by atoms with Gasteiger partial charge in [-0.2, -0.15) is 20.1 Å². The summed E-state index contributed by atoms with van der Waals surface area (Å²) in [5.41, 5.74) is 1.63. The Morgan fingerprint density at radius 1 is 1.25 bits per heavy atom. The summed E-state index contributed by atoms with van der Waals surface area (Å²) in [4.78, 5) is 14.0. The predicted octanol–water partition coefficient (Wildman–Crippen LogP) is 3.77. The Balaban J connectivity index is 1.86. The molecule has 1 aromatic heterocycles. The van der Waals surface area contributed by atoms with E-state index in [1.54, 1.807) is 11.3 Å². The second-order valence-electron chi connectivity index (χ2n) is 5.27. The van der Waals surface area contributed by atoms with Gasteiger partial charge in [0.25, 0.3) is 0 Å². The molecule has 1 unspecified atom stereocenters. The van der Waals surface area contributed by atoms with E-state index in [0.29, 0.717) is 12.2 Å². The number of ether oxygens (including phenoxy) is 1. The molecular weight excluding hydrogens is 336 g/mol. The molecule has 1 atom stereocenters. The Morgan fingerprint density at radius 2 is 1.96 bits per heavy atom. The van der Waals surface area contributed by atoms with E-state index in [1.807, 2.05) is 35.8 Å². The van der Waals surface area contributed by atoms with Gasteiger partial charge in [-0.25, -0.2) is 4.79 Å². The molecule has 0 aliphatic rings. The van der Waals surface area contributed by atoms with Crippen molar-refractivity contribution in [2.75, 3.05) is 26.0 Å². The van der Waals surface area contributed by atoms with E-state index < -0.39 is 6.61 Å². The van der Waals surface area contributed by atoms with Gasteiger partial charge in [0, 0.05) is 12.2 Å². The van der Waals surface area contributed by atoms with Crippen LogP contribution in [0.4, 0.5) is 19.3 Å². The van der Waals surface area contributed by atoms with Crippen molar-refractivity contribution >= 4 is 23.1 Å². The first-order valence-corrected chi connectivity index (χ1v) is 8.18. The first kappa shape index (κ1) is 18.2. The SMILES string of the molecule is CN(C)C(CNC(=O)Nc1ccc(OC(F)F)cc1)c1ccsc1. The fourth-order valence-electron chi connectivity index (χ4n) is 2.15. The summed E-state index contributed by atoms with van der Waals surface area (Å²) < 4.78 is 28.4. The average molecular weight is 355 g/mol. The Labute approximate surface area is 143 Å². The van der Waals surface area contributed by atoms with Gasteiger partial charge in [-0.05, 0) is 60.8 Å². The highest BCUT2D eigenvalue weighted by Gasteiger charge is 2.15. The highest BCUT2D eigenvalue weighted by molar-refractivity contribution is 7.07. The number of benzene rings is 1. The minimum Gasteiger partial charge on any atom is -0.435 e. The third-order valence-corrected chi connectivity index (χ3v) is 4.05. The van der Waals surface area contributed by atoms with Gasteiger partial charge in [0.1, 0.15) is 5.75 Å². The molecule has 0 bridgehead atoms. The number of hydrogen-bond donors (Lipinski definition) is 2. The lowest BCUT2D eigenvalue weighted by Crippen LogP contribution is -2.36. The summed E-state index contributed by atoms with van der Waals surface area (Å²) >= 11 is 1.61. The largest absolute Gasteiger partial charge is 0.435 e. The van der Waals surface area contributed by atoms with E-state index >= 15 is 0 Å². The molecule has 2 N–H and O–H groups in total. The van der Waals surface area contributed by atoms with Crippen LogP contribution >= 0.6 is 11.3 Å². The summed E-state index contributed by atoms with van der Waals surface area (Å²) in [7, 11) is 3.90. The van der Waals surface area contributed by atoms with Crippen molar-refractivity contribution in [3.63, 3.8) is 0 Å². The number of thiophene rings is 1. The third-order valence-electron chi connectivity index (χ3n) is 3.34. The molecule has 1 aromatic carbocycles. The quantitative estimate of drug-likeness (QED) is 0.795. The fraction of sp³-hybridized carbons (Fsp3) is 0.312. The topological polar surface area (TPSA) is 53.6 Å². The van der Waals surface area contributed by atoms with Crippen LogP contribution in [0.3, 0.4) is 0 Å². The summed E-state index contributed by atoms with van der Waals surface area (Å²) in [5.74, 6) is 0.0427. The molecule has 8 heteroatoms. The van der Waals surface area contributed by atoms with E-state index in [-0.39, 0.29) is 17.8 Å². The molecule has 0 spiro atoms. The van der Waals surface area contributed by atoms with Crippen molar-refractivity contribution in [3.05, 3.63) is 46.7 Å². The smallest absolute Gasteiger partial charge is 0.387 e. The number of anilines is 1. The molecule has 2 amide bonds. The number of urea groups is 1. The van der Waals surface area contributed by atoms with Gasteiger partial charge in [0.05, 0.1) is 6.04 Å². The number of halogens is 2. The lowest BCUT2D eigenvalue weighted by Gasteiger charge is -2.24. The minimum atomic E-state index is -2.87. The zero-order valence-corrected chi connectivity index (χ0v) is 14.1. The van der Waals surface area contributed by atoms with E-state index in [9.17, 15) is 13.6 Å². The van der Waals surface area contributed by atoms with Crippen molar-refractivity contribution in [1.82, 2.24) is 10.2 Å². The number of nitrogens with one attached hydrogen (secondary N) is 2. The monoisotopic (exact) mass is 355 g/mol. The molecule has 2 rings (SSSR count). The van der Waals surface area contributed by atoms with Gasteiger partial charge < -0.3 is 20.3 Å². The third kappa shape index (κ3) is 5.47. The average Bonchev–Trinajstić information content (AvgIpc) is 3.02. The molecule has 0 aliphatic heterocycles. The molecule has 0 radical (unpaired) electrons. The summed E-state index contributed by atoms with van der Waals surface area (Å²) in [6.45, 7) is -2.42. The van der Waals surface area contributed by atoms with Crippen molar-refractivity contribution in [3.8, 4) is 5.75 Å². The Hall–Kier alpha value is -2.19. The molecule has 24 heavy (non-hydrogen) atoms. The first-order valence-electron chi connectivity index (χ1n) is 7.24. The van der Waals surface area contributed by atoms with Crippen LogP contribution < -0.4 is 15.4 Å². The van der Waals surface area contributed by atoms with E-state index in [4.69, 9.17) is 0 Å². The molecule has 130 valence electrons. The highest BCUT2D eigenvalue weighted by atomic mass is 32.1. The Morgan fingerprint density at radius 3 is 2.50 bits per heavy atom. The number of amides is 2. The zero-order valence-electron chi connectivity index (χ0n) is 13.3. The molecule has 5 nitrogen and oxygen atoms in total. The molecule has 0 fully saturated rings. The standard InChI is InChI=1S/C16H19F2N3O2S/c1-21(2)14(11-7-8-24-10-11)9-19-16(22)20-12-3-5-13(6-4-12)23-15(17)18/h3-8,10,14-15H,9H2,1-2H3,(H2,19,20,22). The van der Waals surface area contributed by atoms with Gasteiger partial charge in [0.2, 0.25) is 0 Å². The lowest BCUT2D eigenvalue weighted by atomic mass is 10.1. The minimum absolute atomic E-state index is 0.0427. The van der Waals surface area contributed by atoms with Crippen LogP contribution in [0.25, 0.3) is 0 Å². The van der Waals surface area contributed by atoms with Crippen molar-refractivity contribution < 1.29 is 18.3 Å². The first-order chi connectivity index (χ1) is 11.5. The maximum Gasteiger partial charge on any atom is 0.387 e. The van der Waals surface area contributed by atoms with Crippen LogP contribution in [0.2, 0.25) is 0 Å². The molecule has 2 aromatic rings. The molecule has 0 aliphatic carbocycles. The highest BCUT2D eigenvalue weighted by Crippen LogP contribution is 2.20. The van der Waals surface area contributed by atoms with Crippen LogP contribution in [0.1, 0.15) is 11.6 Å². The number of nitrogens with zero attached hydrogens (tertiary/aromatic N) is 1. The number of hydrogen-bond acceptors (Lipinski definition) is 4. The summed E-state index contributed by atoms with van der Waals surface area (Å²) in [6, 6.07) is 7.48. The van der Waals surface area contributed by atoms with E-state index in [0.717, 1.165) is 5.56 Å². The van der Waals surface area contributed by atoms with Crippen LogP contribution in [0.15, 0.2) is 41.1 Å². The number of likely N-dealkylation sites (N-methyl/N-ethyl adjacent to an activating group) is 1. The molecule has 0 saturated heterocycles.